The summed E-state index contributed by atoms with van der Waals surface area (Å²) in [6.07, 6.45) is 5.62. The zero-order valence-corrected chi connectivity index (χ0v) is 11.3. The Morgan fingerprint density at radius 3 is 2.50 bits per heavy atom. The zero-order chi connectivity index (χ0) is 13.5. The van der Waals surface area contributed by atoms with Gasteiger partial charge in [0, 0.05) is 6.42 Å². The Balaban J connectivity index is 2.45. The third-order valence-corrected chi connectivity index (χ3v) is 3.32. The average Bonchev–Trinajstić information content (AvgIpc) is 2.79. The Morgan fingerprint density at radius 2 is 2.00 bits per heavy atom. The van der Waals surface area contributed by atoms with E-state index in [0.29, 0.717) is 18.8 Å². The number of amides is 1. The summed E-state index contributed by atoms with van der Waals surface area (Å²) in [5.74, 6) is 0.0180. The van der Waals surface area contributed by atoms with Crippen molar-refractivity contribution in [2.75, 3.05) is 7.11 Å². The van der Waals surface area contributed by atoms with Crippen LogP contribution in [-0.4, -0.2) is 25.0 Å². The molecule has 0 radical (unpaired) electrons. The molecular formula is C14H23NO3. The third kappa shape index (κ3) is 4.90. The van der Waals surface area contributed by atoms with Gasteiger partial charge in [-0.15, -0.1) is 6.58 Å². The second kappa shape index (κ2) is 7.19. The average molecular weight is 253 g/mol. The van der Waals surface area contributed by atoms with Crippen LogP contribution in [0, 0.1) is 5.92 Å². The molecular weight excluding hydrogens is 230 g/mol. The van der Waals surface area contributed by atoms with Gasteiger partial charge in [-0.05, 0) is 32.1 Å². The molecule has 4 nitrogen and oxygen atoms in total. The van der Waals surface area contributed by atoms with Gasteiger partial charge in [-0.1, -0.05) is 18.4 Å². The molecule has 1 rings (SSSR count). The van der Waals surface area contributed by atoms with E-state index in [0.717, 1.165) is 18.4 Å². The molecule has 0 spiro atoms. The maximum Gasteiger partial charge on any atom is 0.328 e. The van der Waals surface area contributed by atoms with Gasteiger partial charge in [0.1, 0.15) is 6.04 Å². The van der Waals surface area contributed by atoms with Gasteiger partial charge >= 0.3 is 5.97 Å². The highest BCUT2D eigenvalue weighted by Crippen LogP contribution is 2.27. The standard InChI is InChI=1S/C14H23NO3/c1-10(2)8-12(14(17)18-3)15-13(16)9-11-6-4-5-7-11/h11-12H,1,4-9H2,2-3H3,(H,15,16)/t12-/m0/s1. The van der Waals surface area contributed by atoms with Crippen LogP contribution in [-0.2, 0) is 14.3 Å². The quantitative estimate of drug-likeness (QED) is 0.583. The first kappa shape index (κ1) is 14.7. The highest BCUT2D eigenvalue weighted by molar-refractivity contribution is 5.84. The normalized spacial score (nSPS) is 17.2. The smallest absolute Gasteiger partial charge is 0.328 e. The summed E-state index contributed by atoms with van der Waals surface area (Å²) < 4.78 is 4.69. The number of hydrogen-bond donors (Lipinski definition) is 1. The van der Waals surface area contributed by atoms with Crippen molar-refractivity contribution in [1.29, 1.82) is 0 Å². The number of methoxy groups -OCH3 is 1. The molecule has 1 amide bonds. The van der Waals surface area contributed by atoms with E-state index in [4.69, 9.17) is 0 Å². The minimum absolute atomic E-state index is 0.0569. The molecule has 1 fully saturated rings. The van der Waals surface area contributed by atoms with Crippen LogP contribution in [0.4, 0.5) is 0 Å². The van der Waals surface area contributed by atoms with E-state index < -0.39 is 12.0 Å². The number of carbonyl (C=O) groups is 2. The fourth-order valence-electron chi connectivity index (χ4n) is 2.41. The van der Waals surface area contributed by atoms with Crippen LogP contribution in [0.25, 0.3) is 0 Å². The van der Waals surface area contributed by atoms with Gasteiger partial charge in [-0.3, -0.25) is 4.79 Å². The maximum absolute atomic E-state index is 11.9. The van der Waals surface area contributed by atoms with Crippen molar-refractivity contribution < 1.29 is 14.3 Å². The molecule has 0 unspecified atom stereocenters. The molecule has 1 N–H and O–H groups in total. The zero-order valence-electron chi connectivity index (χ0n) is 11.3. The Morgan fingerprint density at radius 1 is 1.39 bits per heavy atom. The lowest BCUT2D eigenvalue weighted by Gasteiger charge is -2.17. The summed E-state index contributed by atoms with van der Waals surface area (Å²) in [7, 11) is 1.33. The second-order valence-corrected chi connectivity index (χ2v) is 5.16. The molecule has 0 bridgehead atoms. The molecule has 0 aliphatic heterocycles. The van der Waals surface area contributed by atoms with Crippen molar-refractivity contribution in [3.05, 3.63) is 12.2 Å². The SMILES string of the molecule is C=C(C)C[C@H](NC(=O)CC1CCCC1)C(=O)OC. The van der Waals surface area contributed by atoms with E-state index in [1.54, 1.807) is 0 Å². The molecule has 1 aliphatic carbocycles. The van der Waals surface area contributed by atoms with E-state index >= 15 is 0 Å². The fourth-order valence-corrected chi connectivity index (χ4v) is 2.41. The minimum Gasteiger partial charge on any atom is -0.467 e. The molecule has 1 atom stereocenters. The lowest BCUT2D eigenvalue weighted by atomic mass is 10.0. The van der Waals surface area contributed by atoms with Crippen molar-refractivity contribution in [2.24, 2.45) is 5.92 Å². The molecule has 0 heterocycles. The topological polar surface area (TPSA) is 55.4 Å². The molecule has 0 aromatic carbocycles. The Labute approximate surface area is 109 Å². The van der Waals surface area contributed by atoms with Gasteiger partial charge in [-0.2, -0.15) is 0 Å². The number of ether oxygens (including phenoxy) is 1. The summed E-state index contributed by atoms with van der Waals surface area (Å²) in [4.78, 5) is 23.4. The van der Waals surface area contributed by atoms with Crippen LogP contribution < -0.4 is 5.32 Å². The van der Waals surface area contributed by atoms with E-state index in [1.807, 2.05) is 6.92 Å². The van der Waals surface area contributed by atoms with Crippen molar-refractivity contribution in [3.63, 3.8) is 0 Å². The maximum atomic E-state index is 11.9. The van der Waals surface area contributed by atoms with Crippen molar-refractivity contribution in [3.8, 4) is 0 Å². The number of nitrogens with one attached hydrogen (secondary N) is 1. The first-order valence-corrected chi connectivity index (χ1v) is 6.54. The lowest BCUT2D eigenvalue weighted by molar-refractivity contribution is -0.145. The van der Waals surface area contributed by atoms with Crippen LogP contribution >= 0.6 is 0 Å². The Hall–Kier alpha value is -1.32. The van der Waals surface area contributed by atoms with Crippen molar-refractivity contribution in [2.45, 2.75) is 51.5 Å². The minimum atomic E-state index is -0.596. The molecule has 0 saturated heterocycles. The van der Waals surface area contributed by atoms with E-state index in [-0.39, 0.29) is 5.91 Å². The van der Waals surface area contributed by atoms with Gasteiger partial charge in [-0.25, -0.2) is 4.79 Å². The number of carbonyl (C=O) groups excluding carboxylic acids is 2. The highest BCUT2D eigenvalue weighted by atomic mass is 16.5. The molecule has 1 aliphatic rings. The molecule has 1 saturated carbocycles. The van der Waals surface area contributed by atoms with Crippen LogP contribution in [0.15, 0.2) is 12.2 Å². The van der Waals surface area contributed by atoms with Crippen LogP contribution in [0.1, 0.15) is 45.4 Å². The third-order valence-electron chi connectivity index (χ3n) is 3.32. The van der Waals surface area contributed by atoms with Gasteiger partial charge in [0.25, 0.3) is 0 Å². The number of hydrogen-bond acceptors (Lipinski definition) is 3. The van der Waals surface area contributed by atoms with Crippen LogP contribution in [0.2, 0.25) is 0 Å². The second-order valence-electron chi connectivity index (χ2n) is 5.16. The van der Waals surface area contributed by atoms with E-state index in [9.17, 15) is 9.59 Å². The Kier molecular flexibility index (Phi) is 5.89. The predicted octanol–water partition coefficient (Wildman–Crippen LogP) is 2.19. The highest BCUT2D eigenvalue weighted by Gasteiger charge is 2.24. The summed E-state index contributed by atoms with van der Waals surface area (Å²) in [5, 5.41) is 2.75. The molecule has 18 heavy (non-hydrogen) atoms. The summed E-state index contributed by atoms with van der Waals surface area (Å²) in [6, 6.07) is -0.596. The molecule has 0 aromatic heterocycles. The van der Waals surface area contributed by atoms with Gasteiger partial charge in [0.2, 0.25) is 5.91 Å². The summed E-state index contributed by atoms with van der Waals surface area (Å²) in [5.41, 5.74) is 0.853. The van der Waals surface area contributed by atoms with Crippen LogP contribution in [0.3, 0.4) is 0 Å². The molecule has 4 heteroatoms. The van der Waals surface area contributed by atoms with Crippen molar-refractivity contribution >= 4 is 11.9 Å². The molecule has 0 aromatic rings. The Bertz CT molecular complexity index is 319. The van der Waals surface area contributed by atoms with Gasteiger partial charge in [0.15, 0.2) is 0 Å². The first-order chi connectivity index (χ1) is 8.52. The van der Waals surface area contributed by atoms with Crippen molar-refractivity contribution in [1.82, 2.24) is 5.32 Å². The van der Waals surface area contributed by atoms with Crippen LogP contribution in [0.5, 0.6) is 0 Å². The number of esters is 1. The number of rotatable bonds is 6. The van der Waals surface area contributed by atoms with Gasteiger partial charge in [0.05, 0.1) is 7.11 Å². The fraction of sp³-hybridized carbons (Fsp3) is 0.714. The largest absolute Gasteiger partial charge is 0.467 e. The summed E-state index contributed by atoms with van der Waals surface area (Å²) in [6.45, 7) is 5.60. The predicted molar refractivity (Wildman–Crippen MR) is 70.0 cm³/mol. The first-order valence-electron chi connectivity index (χ1n) is 6.54. The van der Waals surface area contributed by atoms with Gasteiger partial charge < -0.3 is 10.1 Å². The van der Waals surface area contributed by atoms with E-state index in [2.05, 4.69) is 16.6 Å². The van der Waals surface area contributed by atoms with E-state index in [1.165, 1.54) is 20.0 Å². The monoisotopic (exact) mass is 253 g/mol. The summed E-state index contributed by atoms with van der Waals surface area (Å²) >= 11 is 0. The molecule has 102 valence electrons. The lowest BCUT2D eigenvalue weighted by Crippen LogP contribution is -2.42.